The summed E-state index contributed by atoms with van der Waals surface area (Å²) >= 11 is 3.42. The normalized spacial score (nSPS) is 13.7. The van der Waals surface area contributed by atoms with Gasteiger partial charge in [0.25, 0.3) is 0 Å². The molecule has 0 saturated heterocycles. The lowest BCUT2D eigenvalue weighted by atomic mass is 9.89. The fraction of sp³-hybridized carbons (Fsp3) is 0.636. The summed E-state index contributed by atoms with van der Waals surface area (Å²) in [6, 6.07) is 0.399. The van der Waals surface area contributed by atoms with E-state index in [2.05, 4.69) is 58.9 Å². The van der Waals surface area contributed by atoms with E-state index in [0.717, 1.165) is 16.7 Å². The van der Waals surface area contributed by atoms with E-state index in [-0.39, 0.29) is 0 Å². The number of nitrogens with zero attached hydrogens (tertiary/aromatic N) is 2. The molecule has 1 heterocycles. The van der Waals surface area contributed by atoms with Gasteiger partial charge in [0, 0.05) is 12.2 Å². The Balaban J connectivity index is 2.59. The Morgan fingerprint density at radius 2 is 2.13 bits per heavy atom. The van der Waals surface area contributed by atoms with Gasteiger partial charge < -0.3 is 5.32 Å². The molecule has 15 heavy (non-hydrogen) atoms. The number of hydrogen-bond donors (Lipinski definition) is 1. The van der Waals surface area contributed by atoms with Crippen LogP contribution in [0.5, 0.6) is 0 Å². The second-order valence-electron chi connectivity index (χ2n) is 5.03. The van der Waals surface area contributed by atoms with E-state index >= 15 is 0 Å². The largest absolute Gasteiger partial charge is 0.367 e. The highest BCUT2D eigenvalue weighted by Gasteiger charge is 2.15. The summed E-state index contributed by atoms with van der Waals surface area (Å²) in [6.45, 7) is 8.88. The van der Waals surface area contributed by atoms with E-state index in [1.165, 1.54) is 0 Å². The molecule has 1 rings (SSSR count). The highest BCUT2D eigenvalue weighted by atomic mass is 79.9. The molecule has 84 valence electrons. The van der Waals surface area contributed by atoms with Gasteiger partial charge in [0.2, 0.25) is 0 Å². The van der Waals surface area contributed by atoms with E-state index in [0.29, 0.717) is 11.5 Å². The Bertz CT molecular complexity index is 320. The van der Waals surface area contributed by atoms with Gasteiger partial charge in [-0.25, -0.2) is 9.97 Å². The third-order valence-corrected chi connectivity index (χ3v) is 2.55. The van der Waals surface area contributed by atoms with Gasteiger partial charge in [-0.2, -0.15) is 0 Å². The van der Waals surface area contributed by atoms with Gasteiger partial charge in [-0.15, -0.1) is 0 Å². The van der Waals surface area contributed by atoms with Crippen LogP contribution in [0.4, 0.5) is 5.82 Å². The van der Waals surface area contributed by atoms with Crippen LogP contribution in [0.15, 0.2) is 17.0 Å². The maximum absolute atomic E-state index is 4.18. The molecule has 1 N–H and O–H groups in total. The van der Waals surface area contributed by atoms with Gasteiger partial charge in [-0.1, -0.05) is 20.8 Å². The molecule has 1 unspecified atom stereocenters. The fourth-order valence-corrected chi connectivity index (χ4v) is 1.96. The molecule has 0 amide bonds. The van der Waals surface area contributed by atoms with Crippen LogP contribution in [0.2, 0.25) is 0 Å². The lowest BCUT2D eigenvalue weighted by molar-refractivity contribution is 0.357. The first-order chi connectivity index (χ1) is 6.88. The summed E-state index contributed by atoms with van der Waals surface area (Å²) < 4.78 is 0.908. The third kappa shape index (κ3) is 4.60. The molecule has 0 saturated carbocycles. The van der Waals surface area contributed by atoms with Crippen molar-refractivity contribution in [1.82, 2.24) is 9.97 Å². The minimum absolute atomic E-state index is 0.325. The molecule has 1 aromatic rings. The highest BCUT2D eigenvalue weighted by Crippen LogP contribution is 2.24. The van der Waals surface area contributed by atoms with Crippen LogP contribution in [0.3, 0.4) is 0 Å². The Morgan fingerprint density at radius 1 is 1.47 bits per heavy atom. The molecule has 1 atom stereocenters. The van der Waals surface area contributed by atoms with E-state index in [4.69, 9.17) is 0 Å². The maximum Gasteiger partial charge on any atom is 0.143 e. The number of aromatic nitrogens is 2. The molecular weight excluding hydrogens is 254 g/mol. The standard InChI is InChI=1S/C11H18BrN3/c1-8(5-11(2,3)4)15-10-9(12)6-13-7-14-10/h6-8H,5H2,1-4H3,(H,13,14,15). The van der Waals surface area contributed by atoms with Crippen molar-refractivity contribution in [3.63, 3.8) is 0 Å². The lowest BCUT2D eigenvalue weighted by Crippen LogP contribution is -2.23. The summed E-state index contributed by atoms with van der Waals surface area (Å²) in [6.07, 6.45) is 4.40. The van der Waals surface area contributed by atoms with E-state index in [1.54, 1.807) is 12.5 Å². The van der Waals surface area contributed by atoms with Gasteiger partial charge >= 0.3 is 0 Å². The molecule has 0 bridgehead atoms. The first-order valence-electron chi connectivity index (χ1n) is 5.10. The molecular formula is C11H18BrN3. The Hall–Kier alpha value is -0.640. The molecule has 4 heteroatoms. The Kier molecular flexibility index (Phi) is 4.08. The van der Waals surface area contributed by atoms with Crippen molar-refractivity contribution in [2.45, 2.75) is 40.2 Å². The van der Waals surface area contributed by atoms with E-state index in [1.807, 2.05) is 0 Å². The van der Waals surface area contributed by atoms with Crippen LogP contribution in [0.25, 0.3) is 0 Å². The van der Waals surface area contributed by atoms with Crippen LogP contribution >= 0.6 is 15.9 Å². The molecule has 0 radical (unpaired) electrons. The van der Waals surface area contributed by atoms with Crippen molar-refractivity contribution in [2.75, 3.05) is 5.32 Å². The van der Waals surface area contributed by atoms with Crippen LogP contribution in [-0.4, -0.2) is 16.0 Å². The fourth-order valence-electron chi connectivity index (χ4n) is 1.62. The molecule has 0 spiro atoms. The van der Waals surface area contributed by atoms with Crippen molar-refractivity contribution >= 4 is 21.7 Å². The number of nitrogens with one attached hydrogen (secondary N) is 1. The summed E-state index contributed by atoms with van der Waals surface area (Å²) in [7, 11) is 0. The molecule has 0 aliphatic rings. The van der Waals surface area contributed by atoms with Gasteiger partial charge in [-0.3, -0.25) is 0 Å². The SMILES string of the molecule is CC(CC(C)(C)C)Nc1ncncc1Br. The van der Waals surface area contributed by atoms with Crippen LogP contribution in [-0.2, 0) is 0 Å². The minimum Gasteiger partial charge on any atom is -0.367 e. The minimum atomic E-state index is 0.325. The molecule has 0 aromatic carbocycles. The van der Waals surface area contributed by atoms with Crippen molar-refractivity contribution in [2.24, 2.45) is 5.41 Å². The van der Waals surface area contributed by atoms with E-state index < -0.39 is 0 Å². The zero-order chi connectivity index (χ0) is 11.5. The van der Waals surface area contributed by atoms with Gasteiger partial charge in [0.15, 0.2) is 0 Å². The van der Waals surface area contributed by atoms with Crippen molar-refractivity contribution in [1.29, 1.82) is 0 Å². The van der Waals surface area contributed by atoms with Crippen molar-refractivity contribution in [3.05, 3.63) is 17.0 Å². The molecule has 3 nitrogen and oxygen atoms in total. The van der Waals surface area contributed by atoms with E-state index in [9.17, 15) is 0 Å². The lowest BCUT2D eigenvalue weighted by Gasteiger charge is -2.24. The summed E-state index contributed by atoms with van der Waals surface area (Å²) in [5, 5.41) is 3.37. The van der Waals surface area contributed by atoms with Gasteiger partial charge in [0.05, 0.1) is 4.47 Å². The zero-order valence-corrected chi connectivity index (χ0v) is 11.3. The second-order valence-corrected chi connectivity index (χ2v) is 5.88. The number of anilines is 1. The monoisotopic (exact) mass is 271 g/mol. The summed E-state index contributed by atoms with van der Waals surface area (Å²) in [5.41, 5.74) is 0.325. The predicted octanol–water partition coefficient (Wildman–Crippen LogP) is 3.48. The quantitative estimate of drug-likeness (QED) is 0.915. The first kappa shape index (κ1) is 12.4. The summed E-state index contributed by atoms with van der Waals surface area (Å²) in [5.74, 6) is 0.863. The molecule has 0 aliphatic carbocycles. The van der Waals surface area contributed by atoms with Gasteiger partial charge in [0.1, 0.15) is 12.1 Å². The highest BCUT2D eigenvalue weighted by molar-refractivity contribution is 9.10. The number of halogens is 1. The zero-order valence-electron chi connectivity index (χ0n) is 9.71. The average Bonchev–Trinajstić information content (AvgIpc) is 2.05. The number of hydrogen-bond acceptors (Lipinski definition) is 3. The van der Waals surface area contributed by atoms with Crippen molar-refractivity contribution in [3.8, 4) is 0 Å². The van der Waals surface area contributed by atoms with Crippen LogP contribution in [0, 0.1) is 5.41 Å². The second kappa shape index (κ2) is 4.92. The van der Waals surface area contributed by atoms with Crippen LogP contribution in [0.1, 0.15) is 34.1 Å². The maximum atomic E-state index is 4.18. The smallest absolute Gasteiger partial charge is 0.143 e. The molecule has 1 aromatic heterocycles. The average molecular weight is 272 g/mol. The van der Waals surface area contributed by atoms with Crippen molar-refractivity contribution < 1.29 is 0 Å². The van der Waals surface area contributed by atoms with Gasteiger partial charge in [-0.05, 0) is 34.7 Å². The topological polar surface area (TPSA) is 37.8 Å². The first-order valence-corrected chi connectivity index (χ1v) is 5.90. The Labute approximate surface area is 99.8 Å². The Morgan fingerprint density at radius 3 is 2.67 bits per heavy atom. The molecule has 0 fully saturated rings. The third-order valence-electron chi connectivity index (χ3n) is 1.97. The predicted molar refractivity (Wildman–Crippen MR) is 66.9 cm³/mol. The molecule has 0 aliphatic heterocycles. The summed E-state index contributed by atoms with van der Waals surface area (Å²) in [4.78, 5) is 8.11. The van der Waals surface area contributed by atoms with Crippen LogP contribution < -0.4 is 5.32 Å². The number of rotatable bonds is 3.